The van der Waals surface area contributed by atoms with Crippen LogP contribution in [-0.4, -0.2) is 5.78 Å². The maximum atomic E-state index is 11.3. The molecule has 0 saturated carbocycles. The van der Waals surface area contributed by atoms with Gasteiger partial charge in [0.05, 0.1) is 0 Å². The zero-order valence-electron chi connectivity index (χ0n) is 10.3. The molecule has 0 aliphatic rings. The standard InChI is InChI=1S/C16H15BrO/c1-2-3-4-7-16(18)8-5-6-14-9-11-15(13-17)12-10-14/h2-4,7,9-12H,6,13H2,1H3/b3-2-,7-4-. The molecule has 0 spiro atoms. The first-order chi connectivity index (χ1) is 8.76. The van der Waals surface area contributed by atoms with Crippen molar-refractivity contribution in [1.29, 1.82) is 0 Å². The summed E-state index contributed by atoms with van der Waals surface area (Å²) in [7, 11) is 0. The zero-order valence-corrected chi connectivity index (χ0v) is 11.9. The summed E-state index contributed by atoms with van der Waals surface area (Å²) in [5, 5.41) is 0.854. The molecule has 0 unspecified atom stereocenters. The topological polar surface area (TPSA) is 17.1 Å². The highest BCUT2D eigenvalue weighted by atomic mass is 79.9. The molecule has 0 bridgehead atoms. The molecule has 2 heteroatoms. The van der Waals surface area contributed by atoms with Gasteiger partial charge in [0.2, 0.25) is 5.78 Å². The molecule has 18 heavy (non-hydrogen) atoms. The minimum absolute atomic E-state index is 0.162. The first-order valence-electron chi connectivity index (χ1n) is 5.72. The molecular weight excluding hydrogens is 288 g/mol. The van der Waals surface area contributed by atoms with E-state index in [1.807, 2.05) is 25.1 Å². The molecule has 0 aliphatic carbocycles. The number of ketones is 1. The van der Waals surface area contributed by atoms with Crippen LogP contribution < -0.4 is 0 Å². The molecule has 0 saturated heterocycles. The van der Waals surface area contributed by atoms with Gasteiger partial charge in [0.25, 0.3) is 0 Å². The first kappa shape index (κ1) is 14.5. The Bertz CT molecular complexity index is 498. The number of carbonyl (C=O) groups is 1. The maximum absolute atomic E-state index is 11.3. The first-order valence-corrected chi connectivity index (χ1v) is 6.84. The molecule has 1 aromatic carbocycles. The van der Waals surface area contributed by atoms with Gasteiger partial charge in [-0.25, -0.2) is 0 Å². The highest BCUT2D eigenvalue weighted by Gasteiger charge is 1.92. The highest BCUT2D eigenvalue weighted by Crippen LogP contribution is 2.07. The van der Waals surface area contributed by atoms with Crippen LogP contribution in [0.15, 0.2) is 48.6 Å². The fourth-order valence-electron chi connectivity index (χ4n) is 1.28. The van der Waals surface area contributed by atoms with Crippen LogP contribution in [0.3, 0.4) is 0 Å². The number of allylic oxidation sites excluding steroid dienone is 4. The number of halogens is 1. The quantitative estimate of drug-likeness (QED) is 0.272. The lowest BCUT2D eigenvalue weighted by atomic mass is 10.1. The van der Waals surface area contributed by atoms with Crippen molar-refractivity contribution in [3.63, 3.8) is 0 Å². The minimum atomic E-state index is -0.162. The van der Waals surface area contributed by atoms with Crippen LogP contribution in [0.1, 0.15) is 18.1 Å². The summed E-state index contributed by atoms with van der Waals surface area (Å²) in [6.45, 7) is 1.90. The minimum Gasteiger partial charge on any atom is -0.280 e. The van der Waals surface area contributed by atoms with Crippen molar-refractivity contribution in [3.8, 4) is 11.8 Å². The van der Waals surface area contributed by atoms with Gasteiger partial charge in [-0.05, 0) is 30.0 Å². The largest absolute Gasteiger partial charge is 0.280 e. The molecule has 0 aromatic heterocycles. The molecule has 0 radical (unpaired) electrons. The Morgan fingerprint density at radius 1 is 1.22 bits per heavy atom. The van der Waals surface area contributed by atoms with Crippen molar-refractivity contribution in [2.75, 3.05) is 0 Å². The van der Waals surface area contributed by atoms with Gasteiger partial charge in [-0.3, -0.25) is 4.79 Å². The van der Waals surface area contributed by atoms with Gasteiger partial charge in [0.15, 0.2) is 0 Å². The second kappa shape index (κ2) is 8.49. The van der Waals surface area contributed by atoms with Crippen LogP contribution in [0.4, 0.5) is 0 Å². The zero-order chi connectivity index (χ0) is 13.2. The van der Waals surface area contributed by atoms with Crippen molar-refractivity contribution in [2.45, 2.75) is 18.7 Å². The fraction of sp³-hybridized carbons (Fsp3) is 0.188. The summed E-state index contributed by atoms with van der Waals surface area (Å²) in [5.74, 6) is 5.32. The van der Waals surface area contributed by atoms with E-state index in [0.29, 0.717) is 6.42 Å². The monoisotopic (exact) mass is 302 g/mol. The lowest BCUT2D eigenvalue weighted by Crippen LogP contribution is -1.87. The fourth-order valence-corrected chi connectivity index (χ4v) is 1.65. The molecule has 0 N–H and O–H groups in total. The normalized spacial score (nSPS) is 10.6. The summed E-state index contributed by atoms with van der Waals surface area (Å²) in [4.78, 5) is 11.3. The van der Waals surface area contributed by atoms with Gasteiger partial charge < -0.3 is 0 Å². The van der Waals surface area contributed by atoms with Gasteiger partial charge in [-0.1, -0.05) is 64.3 Å². The van der Waals surface area contributed by atoms with E-state index in [0.717, 1.165) is 10.9 Å². The van der Waals surface area contributed by atoms with Crippen molar-refractivity contribution >= 4 is 21.7 Å². The summed E-state index contributed by atoms with van der Waals surface area (Å²) in [6, 6.07) is 8.18. The average Bonchev–Trinajstić information content (AvgIpc) is 2.40. The van der Waals surface area contributed by atoms with E-state index in [1.54, 1.807) is 12.2 Å². The molecule has 0 atom stereocenters. The van der Waals surface area contributed by atoms with E-state index < -0.39 is 0 Å². The van der Waals surface area contributed by atoms with Crippen LogP contribution >= 0.6 is 15.9 Å². The van der Waals surface area contributed by atoms with Gasteiger partial charge in [0, 0.05) is 11.8 Å². The molecule has 1 nitrogen and oxygen atoms in total. The Kier molecular flexibility index (Phi) is 6.83. The van der Waals surface area contributed by atoms with Gasteiger partial charge >= 0.3 is 0 Å². The summed E-state index contributed by atoms with van der Waals surface area (Å²) in [6.07, 6.45) is 7.44. The van der Waals surface area contributed by atoms with E-state index in [1.165, 1.54) is 11.6 Å². The predicted molar refractivity (Wildman–Crippen MR) is 79.5 cm³/mol. The molecular formula is C16H15BrO. The molecule has 0 aliphatic heterocycles. The lowest BCUT2D eigenvalue weighted by molar-refractivity contribution is -0.109. The third-order valence-electron chi connectivity index (χ3n) is 2.23. The van der Waals surface area contributed by atoms with E-state index in [4.69, 9.17) is 0 Å². The number of benzene rings is 1. The number of hydrogen-bond acceptors (Lipinski definition) is 1. The smallest absolute Gasteiger partial charge is 0.228 e. The number of rotatable bonds is 4. The van der Waals surface area contributed by atoms with E-state index in [-0.39, 0.29) is 5.78 Å². The third-order valence-corrected chi connectivity index (χ3v) is 2.88. The van der Waals surface area contributed by atoms with Crippen LogP contribution in [0.25, 0.3) is 0 Å². The van der Waals surface area contributed by atoms with Crippen molar-refractivity contribution in [3.05, 3.63) is 59.7 Å². The SMILES string of the molecule is C/C=C\C=C/C(=O)C#CCc1ccc(CBr)cc1. The molecule has 1 aromatic rings. The van der Waals surface area contributed by atoms with E-state index in [2.05, 4.69) is 39.9 Å². The van der Waals surface area contributed by atoms with Crippen molar-refractivity contribution < 1.29 is 4.79 Å². The molecule has 0 heterocycles. The summed E-state index contributed by atoms with van der Waals surface area (Å²) in [5.41, 5.74) is 2.36. The number of alkyl halides is 1. The second-order valence-electron chi connectivity index (χ2n) is 3.68. The molecule has 0 fully saturated rings. The lowest BCUT2D eigenvalue weighted by Gasteiger charge is -1.96. The second-order valence-corrected chi connectivity index (χ2v) is 4.24. The Hall–Kier alpha value is -1.59. The Balaban J connectivity index is 2.51. The third kappa shape index (κ3) is 5.65. The van der Waals surface area contributed by atoms with E-state index >= 15 is 0 Å². The van der Waals surface area contributed by atoms with Crippen LogP contribution in [-0.2, 0) is 16.5 Å². The van der Waals surface area contributed by atoms with Crippen molar-refractivity contribution in [1.82, 2.24) is 0 Å². The summed E-state index contributed by atoms with van der Waals surface area (Å²) >= 11 is 3.40. The van der Waals surface area contributed by atoms with Crippen molar-refractivity contribution in [2.24, 2.45) is 0 Å². The van der Waals surface area contributed by atoms with Gasteiger partial charge in [0.1, 0.15) is 0 Å². The molecule has 0 amide bonds. The van der Waals surface area contributed by atoms with Crippen LogP contribution in [0, 0.1) is 11.8 Å². The summed E-state index contributed by atoms with van der Waals surface area (Å²) < 4.78 is 0. The Morgan fingerprint density at radius 3 is 2.50 bits per heavy atom. The van der Waals surface area contributed by atoms with Gasteiger partial charge in [-0.2, -0.15) is 0 Å². The molecule has 1 rings (SSSR count). The van der Waals surface area contributed by atoms with Crippen LogP contribution in [0.5, 0.6) is 0 Å². The van der Waals surface area contributed by atoms with E-state index in [9.17, 15) is 4.79 Å². The molecule has 92 valence electrons. The Labute approximate surface area is 117 Å². The maximum Gasteiger partial charge on any atom is 0.228 e. The van der Waals surface area contributed by atoms with Gasteiger partial charge in [-0.15, -0.1) is 0 Å². The predicted octanol–water partition coefficient (Wildman–Crippen LogP) is 3.83. The highest BCUT2D eigenvalue weighted by molar-refractivity contribution is 9.08. The average molecular weight is 303 g/mol. The number of carbonyl (C=O) groups excluding carboxylic acids is 1. The Morgan fingerprint density at radius 2 is 1.89 bits per heavy atom. The number of hydrogen-bond donors (Lipinski definition) is 0. The van der Waals surface area contributed by atoms with Crippen LogP contribution in [0.2, 0.25) is 0 Å².